The molecule has 2 bridgehead atoms. The molecular weight excluding hydrogens is 200 g/mol. The SMILES string of the molecule is Cc1nnc(CNC2CC3CCC2C3)n1C. The lowest BCUT2D eigenvalue weighted by atomic mass is 9.95. The van der Waals surface area contributed by atoms with Crippen molar-refractivity contribution in [2.24, 2.45) is 18.9 Å². The molecule has 88 valence electrons. The lowest BCUT2D eigenvalue weighted by Crippen LogP contribution is -2.34. The first-order valence-corrected chi connectivity index (χ1v) is 6.32. The van der Waals surface area contributed by atoms with Crippen LogP contribution in [0.2, 0.25) is 0 Å². The van der Waals surface area contributed by atoms with Crippen LogP contribution in [-0.4, -0.2) is 20.8 Å². The van der Waals surface area contributed by atoms with Crippen molar-refractivity contribution >= 4 is 0 Å². The van der Waals surface area contributed by atoms with Gasteiger partial charge >= 0.3 is 0 Å². The highest BCUT2D eigenvalue weighted by atomic mass is 15.3. The fraction of sp³-hybridized carbons (Fsp3) is 0.833. The molecule has 1 aromatic heterocycles. The molecule has 0 radical (unpaired) electrons. The number of aryl methyl sites for hydroxylation is 1. The lowest BCUT2D eigenvalue weighted by molar-refractivity contribution is 0.346. The number of aromatic nitrogens is 3. The fourth-order valence-electron chi connectivity index (χ4n) is 3.32. The molecule has 16 heavy (non-hydrogen) atoms. The van der Waals surface area contributed by atoms with Gasteiger partial charge in [0.2, 0.25) is 0 Å². The summed E-state index contributed by atoms with van der Waals surface area (Å²) in [6, 6.07) is 0.732. The van der Waals surface area contributed by atoms with Crippen LogP contribution in [0.25, 0.3) is 0 Å². The van der Waals surface area contributed by atoms with Gasteiger partial charge in [-0.25, -0.2) is 0 Å². The molecule has 2 aliphatic carbocycles. The van der Waals surface area contributed by atoms with Crippen molar-refractivity contribution in [3.63, 3.8) is 0 Å². The highest BCUT2D eigenvalue weighted by Crippen LogP contribution is 2.44. The summed E-state index contributed by atoms with van der Waals surface area (Å²) in [5.74, 6) is 3.98. The minimum absolute atomic E-state index is 0.732. The standard InChI is InChI=1S/C12H20N4/c1-8-14-15-12(16(8)2)7-13-11-6-9-3-4-10(11)5-9/h9-11,13H,3-7H2,1-2H3. The summed E-state index contributed by atoms with van der Waals surface area (Å²) in [4.78, 5) is 0. The molecule has 0 amide bonds. The van der Waals surface area contributed by atoms with Gasteiger partial charge < -0.3 is 9.88 Å². The summed E-state index contributed by atoms with van der Waals surface area (Å²) in [5.41, 5.74) is 0. The maximum absolute atomic E-state index is 4.19. The van der Waals surface area contributed by atoms with Gasteiger partial charge in [0, 0.05) is 13.1 Å². The lowest BCUT2D eigenvalue weighted by Gasteiger charge is -2.22. The van der Waals surface area contributed by atoms with E-state index in [4.69, 9.17) is 0 Å². The van der Waals surface area contributed by atoms with Crippen molar-refractivity contribution in [2.45, 2.75) is 45.2 Å². The van der Waals surface area contributed by atoms with E-state index >= 15 is 0 Å². The molecule has 0 aromatic carbocycles. The zero-order valence-electron chi connectivity index (χ0n) is 10.1. The number of nitrogens with one attached hydrogen (secondary N) is 1. The second-order valence-electron chi connectivity index (χ2n) is 5.38. The van der Waals surface area contributed by atoms with Gasteiger partial charge in [0.1, 0.15) is 11.6 Å². The van der Waals surface area contributed by atoms with Crippen LogP contribution < -0.4 is 5.32 Å². The van der Waals surface area contributed by atoms with Crippen molar-refractivity contribution in [3.05, 3.63) is 11.6 Å². The highest BCUT2D eigenvalue weighted by Gasteiger charge is 2.39. The third-order valence-corrected chi connectivity index (χ3v) is 4.44. The van der Waals surface area contributed by atoms with E-state index in [9.17, 15) is 0 Å². The summed E-state index contributed by atoms with van der Waals surface area (Å²) in [6.07, 6.45) is 5.73. The molecule has 3 rings (SSSR count). The predicted molar refractivity (Wildman–Crippen MR) is 61.8 cm³/mol. The molecule has 1 aromatic rings. The van der Waals surface area contributed by atoms with Gasteiger partial charge in [-0.05, 0) is 38.0 Å². The second-order valence-corrected chi connectivity index (χ2v) is 5.38. The number of nitrogens with zero attached hydrogens (tertiary/aromatic N) is 3. The van der Waals surface area contributed by atoms with Crippen LogP contribution in [0, 0.1) is 18.8 Å². The van der Waals surface area contributed by atoms with Crippen molar-refractivity contribution in [2.75, 3.05) is 0 Å². The average molecular weight is 220 g/mol. The average Bonchev–Trinajstić information content (AvgIpc) is 2.95. The van der Waals surface area contributed by atoms with Gasteiger partial charge in [-0.15, -0.1) is 10.2 Å². The maximum atomic E-state index is 4.19. The van der Waals surface area contributed by atoms with E-state index < -0.39 is 0 Å². The number of rotatable bonds is 3. The Morgan fingerprint density at radius 1 is 1.31 bits per heavy atom. The van der Waals surface area contributed by atoms with Crippen LogP contribution >= 0.6 is 0 Å². The Balaban J connectivity index is 1.59. The zero-order valence-corrected chi connectivity index (χ0v) is 10.1. The van der Waals surface area contributed by atoms with E-state index in [0.717, 1.165) is 36.1 Å². The Labute approximate surface area is 96.4 Å². The van der Waals surface area contributed by atoms with Gasteiger partial charge in [-0.1, -0.05) is 6.42 Å². The number of hydrogen-bond donors (Lipinski definition) is 1. The number of fused-ring (bicyclic) bond motifs is 2. The van der Waals surface area contributed by atoms with E-state index in [1.54, 1.807) is 0 Å². The summed E-state index contributed by atoms with van der Waals surface area (Å²) < 4.78 is 2.07. The van der Waals surface area contributed by atoms with Crippen molar-refractivity contribution in [3.8, 4) is 0 Å². The Bertz CT molecular complexity index is 384. The van der Waals surface area contributed by atoms with Crippen LogP contribution in [0.1, 0.15) is 37.3 Å². The largest absolute Gasteiger partial charge is 0.317 e. The van der Waals surface area contributed by atoms with Gasteiger partial charge in [0.15, 0.2) is 0 Å². The van der Waals surface area contributed by atoms with E-state index in [0.29, 0.717) is 0 Å². The molecule has 1 N–H and O–H groups in total. The fourth-order valence-corrected chi connectivity index (χ4v) is 3.32. The third kappa shape index (κ3) is 1.65. The monoisotopic (exact) mass is 220 g/mol. The van der Waals surface area contributed by atoms with E-state index in [-0.39, 0.29) is 0 Å². The van der Waals surface area contributed by atoms with Crippen molar-refractivity contribution in [1.29, 1.82) is 0 Å². The first-order chi connectivity index (χ1) is 7.74. The molecule has 0 saturated heterocycles. The summed E-state index contributed by atoms with van der Waals surface area (Å²) in [6.45, 7) is 2.86. The first-order valence-electron chi connectivity index (χ1n) is 6.32. The van der Waals surface area contributed by atoms with Gasteiger partial charge in [0.05, 0.1) is 6.54 Å². The predicted octanol–water partition coefficient (Wildman–Crippen LogP) is 1.40. The smallest absolute Gasteiger partial charge is 0.146 e. The molecule has 0 spiro atoms. The minimum atomic E-state index is 0.732. The third-order valence-electron chi connectivity index (χ3n) is 4.44. The molecule has 3 unspecified atom stereocenters. The molecule has 2 fully saturated rings. The minimum Gasteiger partial charge on any atom is -0.317 e. The van der Waals surface area contributed by atoms with Gasteiger partial charge in [-0.2, -0.15) is 0 Å². The van der Waals surface area contributed by atoms with Crippen LogP contribution in [0.3, 0.4) is 0 Å². The molecule has 4 heteroatoms. The quantitative estimate of drug-likeness (QED) is 0.837. The topological polar surface area (TPSA) is 42.7 Å². The van der Waals surface area contributed by atoms with Gasteiger partial charge in [-0.3, -0.25) is 0 Å². The van der Waals surface area contributed by atoms with Crippen molar-refractivity contribution < 1.29 is 0 Å². The highest BCUT2D eigenvalue weighted by molar-refractivity contribution is 4.97. The Morgan fingerprint density at radius 2 is 2.19 bits per heavy atom. The van der Waals surface area contributed by atoms with Gasteiger partial charge in [0.25, 0.3) is 0 Å². The molecular formula is C12H20N4. The van der Waals surface area contributed by atoms with E-state index in [1.165, 1.54) is 25.7 Å². The van der Waals surface area contributed by atoms with Crippen molar-refractivity contribution in [1.82, 2.24) is 20.1 Å². The van der Waals surface area contributed by atoms with Crippen LogP contribution in [0.4, 0.5) is 0 Å². The molecule has 0 aliphatic heterocycles. The Kier molecular flexibility index (Phi) is 2.46. The first kappa shape index (κ1) is 10.3. The van der Waals surface area contributed by atoms with E-state index in [2.05, 4.69) is 20.1 Å². The maximum Gasteiger partial charge on any atom is 0.146 e. The Morgan fingerprint density at radius 3 is 2.75 bits per heavy atom. The van der Waals surface area contributed by atoms with Crippen LogP contribution in [0.15, 0.2) is 0 Å². The summed E-state index contributed by atoms with van der Waals surface area (Å²) in [7, 11) is 2.03. The number of hydrogen-bond acceptors (Lipinski definition) is 3. The van der Waals surface area contributed by atoms with Crippen LogP contribution in [-0.2, 0) is 13.6 Å². The molecule has 1 heterocycles. The van der Waals surface area contributed by atoms with E-state index in [1.807, 2.05) is 14.0 Å². The molecule has 2 aliphatic rings. The normalized spacial score (nSPS) is 32.5. The summed E-state index contributed by atoms with van der Waals surface area (Å²) >= 11 is 0. The zero-order chi connectivity index (χ0) is 11.1. The molecule has 4 nitrogen and oxygen atoms in total. The summed E-state index contributed by atoms with van der Waals surface area (Å²) in [5, 5.41) is 11.9. The molecule has 2 saturated carbocycles. The second kappa shape index (κ2) is 3.84. The Hall–Kier alpha value is -0.900. The van der Waals surface area contributed by atoms with Crippen LogP contribution in [0.5, 0.6) is 0 Å². The molecule has 3 atom stereocenters.